The molecule has 1 heterocycles. The molecule has 0 fully saturated rings. The van der Waals surface area contributed by atoms with Gasteiger partial charge in [-0.3, -0.25) is 4.79 Å². The van der Waals surface area contributed by atoms with Crippen LogP contribution in [-0.2, 0) is 11.2 Å². The van der Waals surface area contributed by atoms with E-state index in [2.05, 4.69) is 56.1 Å². The predicted molar refractivity (Wildman–Crippen MR) is 125 cm³/mol. The largest absolute Gasteiger partial charge is 0.366 e. The van der Waals surface area contributed by atoms with Crippen molar-refractivity contribution in [2.24, 2.45) is 0 Å². The molecule has 0 radical (unpaired) electrons. The van der Waals surface area contributed by atoms with Crippen molar-refractivity contribution in [3.8, 4) is 6.07 Å². The minimum absolute atomic E-state index is 0.108. The van der Waals surface area contributed by atoms with Gasteiger partial charge in [0.25, 0.3) is 5.91 Å². The second-order valence-corrected chi connectivity index (χ2v) is 8.61. The van der Waals surface area contributed by atoms with E-state index in [0.717, 1.165) is 36.2 Å². The highest BCUT2D eigenvalue weighted by Crippen LogP contribution is 2.43. The number of aryl methyl sites for hydroxylation is 1. The van der Waals surface area contributed by atoms with E-state index in [1.165, 1.54) is 11.3 Å². The SMILES string of the molecule is CCc1ccccc1NC(=O)/C(C#N)=C\c1ccc2c(c1)C(C)CC(C)(C)N2CC. The van der Waals surface area contributed by atoms with Gasteiger partial charge in [-0.1, -0.05) is 38.1 Å². The quantitative estimate of drug-likeness (QED) is 0.501. The molecule has 0 aromatic heterocycles. The summed E-state index contributed by atoms with van der Waals surface area (Å²) < 4.78 is 0. The van der Waals surface area contributed by atoms with E-state index in [1.54, 1.807) is 6.08 Å². The van der Waals surface area contributed by atoms with Gasteiger partial charge in [0, 0.05) is 23.5 Å². The molecule has 30 heavy (non-hydrogen) atoms. The molecule has 1 N–H and O–H groups in total. The zero-order chi connectivity index (χ0) is 21.9. The maximum Gasteiger partial charge on any atom is 0.266 e. The molecule has 0 saturated heterocycles. The number of benzene rings is 2. The number of rotatable bonds is 5. The zero-order valence-electron chi connectivity index (χ0n) is 18.6. The van der Waals surface area contributed by atoms with E-state index in [-0.39, 0.29) is 17.0 Å². The zero-order valence-corrected chi connectivity index (χ0v) is 18.6. The first-order valence-electron chi connectivity index (χ1n) is 10.7. The fraction of sp³-hybridized carbons (Fsp3) is 0.385. The van der Waals surface area contributed by atoms with Crippen molar-refractivity contribution in [2.75, 3.05) is 16.8 Å². The molecular formula is C26H31N3O. The van der Waals surface area contributed by atoms with Gasteiger partial charge in [0.2, 0.25) is 0 Å². The number of nitrogens with one attached hydrogen (secondary N) is 1. The minimum atomic E-state index is -0.375. The minimum Gasteiger partial charge on any atom is -0.366 e. The third kappa shape index (κ3) is 4.26. The Bertz CT molecular complexity index is 1010. The van der Waals surface area contributed by atoms with Crippen LogP contribution in [0.5, 0.6) is 0 Å². The van der Waals surface area contributed by atoms with Crippen molar-refractivity contribution in [3.63, 3.8) is 0 Å². The maximum absolute atomic E-state index is 12.7. The van der Waals surface area contributed by atoms with Crippen molar-refractivity contribution >= 4 is 23.4 Å². The first-order valence-corrected chi connectivity index (χ1v) is 10.7. The molecule has 0 spiro atoms. The summed E-state index contributed by atoms with van der Waals surface area (Å²) in [5, 5.41) is 12.5. The van der Waals surface area contributed by atoms with Gasteiger partial charge in [-0.05, 0) is 80.5 Å². The van der Waals surface area contributed by atoms with Crippen molar-refractivity contribution in [3.05, 3.63) is 64.7 Å². The summed E-state index contributed by atoms with van der Waals surface area (Å²) in [6.45, 7) is 12.0. The van der Waals surface area contributed by atoms with Crippen molar-refractivity contribution in [2.45, 2.75) is 58.9 Å². The second kappa shape index (κ2) is 8.75. The van der Waals surface area contributed by atoms with Gasteiger partial charge < -0.3 is 10.2 Å². The number of hydrogen-bond donors (Lipinski definition) is 1. The van der Waals surface area contributed by atoms with Gasteiger partial charge in [-0.25, -0.2) is 0 Å². The number of para-hydroxylation sites is 1. The van der Waals surface area contributed by atoms with Gasteiger partial charge in [-0.15, -0.1) is 0 Å². The van der Waals surface area contributed by atoms with E-state index in [9.17, 15) is 10.1 Å². The van der Waals surface area contributed by atoms with Gasteiger partial charge in [0.1, 0.15) is 11.6 Å². The molecule has 2 aromatic carbocycles. The molecular weight excluding hydrogens is 370 g/mol. The van der Waals surface area contributed by atoms with Crippen LogP contribution in [0.2, 0.25) is 0 Å². The average Bonchev–Trinajstić information content (AvgIpc) is 2.72. The molecule has 1 amide bonds. The number of fused-ring (bicyclic) bond motifs is 1. The molecule has 1 aliphatic heterocycles. The number of carbonyl (C=O) groups excluding carboxylic acids is 1. The summed E-state index contributed by atoms with van der Waals surface area (Å²) >= 11 is 0. The summed E-state index contributed by atoms with van der Waals surface area (Å²) in [6.07, 6.45) is 3.57. The van der Waals surface area contributed by atoms with Crippen LogP contribution in [0.3, 0.4) is 0 Å². The monoisotopic (exact) mass is 401 g/mol. The molecule has 156 valence electrons. The number of carbonyl (C=O) groups is 1. The van der Waals surface area contributed by atoms with Crippen LogP contribution in [0.1, 0.15) is 63.6 Å². The van der Waals surface area contributed by atoms with Crippen LogP contribution in [0.4, 0.5) is 11.4 Å². The lowest BCUT2D eigenvalue weighted by Gasteiger charge is -2.47. The highest BCUT2D eigenvalue weighted by atomic mass is 16.1. The average molecular weight is 402 g/mol. The normalized spacial score (nSPS) is 17.8. The van der Waals surface area contributed by atoms with E-state index >= 15 is 0 Å². The lowest BCUT2D eigenvalue weighted by atomic mass is 9.79. The van der Waals surface area contributed by atoms with Crippen molar-refractivity contribution in [1.82, 2.24) is 0 Å². The van der Waals surface area contributed by atoms with Crippen LogP contribution in [0.25, 0.3) is 6.08 Å². The Morgan fingerprint density at radius 2 is 2.00 bits per heavy atom. The van der Waals surface area contributed by atoms with Gasteiger partial charge in [-0.2, -0.15) is 5.26 Å². The Hall–Kier alpha value is -3.06. The lowest BCUT2D eigenvalue weighted by molar-refractivity contribution is -0.112. The summed E-state index contributed by atoms with van der Waals surface area (Å²) in [4.78, 5) is 15.2. The number of amides is 1. The fourth-order valence-electron chi connectivity index (χ4n) is 4.65. The van der Waals surface area contributed by atoms with E-state index < -0.39 is 0 Å². The molecule has 3 rings (SSSR count). The molecule has 0 aliphatic carbocycles. The second-order valence-electron chi connectivity index (χ2n) is 8.61. The first kappa shape index (κ1) is 21.6. The Morgan fingerprint density at radius 1 is 1.27 bits per heavy atom. The van der Waals surface area contributed by atoms with Crippen LogP contribution >= 0.6 is 0 Å². The molecule has 1 aliphatic rings. The molecule has 4 nitrogen and oxygen atoms in total. The van der Waals surface area contributed by atoms with Crippen LogP contribution in [0, 0.1) is 11.3 Å². The Morgan fingerprint density at radius 3 is 2.67 bits per heavy atom. The molecule has 0 bridgehead atoms. The van der Waals surface area contributed by atoms with Crippen LogP contribution in [-0.4, -0.2) is 18.0 Å². The Labute approximate surface area is 180 Å². The number of nitrogens with zero attached hydrogens (tertiary/aromatic N) is 2. The predicted octanol–water partition coefficient (Wildman–Crippen LogP) is 5.91. The smallest absolute Gasteiger partial charge is 0.266 e. The number of hydrogen-bond acceptors (Lipinski definition) is 3. The third-order valence-electron chi connectivity index (χ3n) is 6.05. The highest BCUT2D eigenvalue weighted by molar-refractivity contribution is 6.10. The van der Waals surface area contributed by atoms with Crippen molar-refractivity contribution in [1.29, 1.82) is 5.26 Å². The van der Waals surface area contributed by atoms with E-state index in [1.807, 2.05) is 37.3 Å². The molecule has 1 atom stereocenters. The van der Waals surface area contributed by atoms with Crippen LogP contribution < -0.4 is 10.2 Å². The molecule has 2 aromatic rings. The Balaban J connectivity index is 1.91. The molecule has 1 unspecified atom stereocenters. The highest BCUT2D eigenvalue weighted by Gasteiger charge is 2.35. The topological polar surface area (TPSA) is 56.1 Å². The fourth-order valence-corrected chi connectivity index (χ4v) is 4.65. The lowest BCUT2D eigenvalue weighted by Crippen LogP contribution is -2.48. The standard InChI is InChI=1S/C26H31N3O/c1-6-20-10-8-9-11-23(20)28-25(30)21(17-27)14-19-12-13-24-22(15-19)18(3)16-26(4,5)29(24)7-2/h8-15,18H,6-7,16H2,1-5H3,(H,28,30)/b21-14-. The van der Waals surface area contributed by atoms with Gasteiger partial charge >= 0.3 is 0 Å². The Kier molecular flexibility index (Phi) is 6.31. The van der Waals surface area contributed by atoms with Gasteiger partial charge in [0.15, 0.2) is 0 Å². The number of anilines is 2. The molecule has 0 saturated carbocycles. The third-order valence-corrected chi connectivity index (χ3v) is 6.05. The summed E-state index contributed by atoms with van der Waals surface area (Å²) in [5.74, 6) is 0.0439. The van der Waals surface area contributed by atoms with Gasteiger partial charge in [0.05, 0.1) is 0 Å². The van der Waals surface area contributed by atoms with E-state index in [0.29, 0.717) is 5.92 Å². The van der Waals surface area contributed by atoms with E-state index in [4.69, 9.17) is 0 Å². The summed E-state index contributed by atoms with van der Waals surface area (Å²) in [5.41, 5.74) is 5.43. The molecule has 4 heteroatoms. The summed E-state index contributed by atoms with van der Waals surface area (Å²) in [6, 6.07) is 16.0. The summed E-state index contributed by atoms with van der Waals surface area (Å²) in [7, 11) is 0. The van der Waals surface area contributed by atoms with Crippen molar-refractivity contribution < 1.29 is 4.79 Å². The number of nitriles is 1. The maximum atomic E-state index is 12.7. The van der Waals surface area contributed by atoms with Crippen LogP contribution in [0.15, 0.2) is 48.0 Å². The first-order chi connectivity index (χ1) is 14.3.